The van der Waals surface area contributed by atoms with E-state index in [1.807, 2.05) is 61.5 Å². The van der Waals surface area contributed by atoms with Crippen molar-refractivity contribution in [1.29, 1.82) is 0 Å². The maximum absolute atomic E-state index is 12.8. The van der Waals surface area contributed by atoms with E-state index in [1.54, 1.807) is 23.4 Å². The summed E-state index contributed by atoms with van der Waals surface area (Å²) < 4.78 is 0. The third-order valence-electron chi connectivity index (χ3n) is 4.06. The molecule has 0 aliphatic heterocycles. The topological polar surface area (TPSA) is 58.1 Å². The normalized spacial score (nSPS) is 10.3. The van der Waals surface area contributed by atoms with Crippen molar-refractivity contribution in [2.45, 2.75) is 20.0 Å². The molecule has 0 aliphatic rings. The predicted molar refractivity (Wildman–Crippen MR) is 103 cm³/mol. The highest BCUT2D eigenvalue weighted by Gasteiger charge is 2.16. The lowest BCUT2D eigenvalue weighted by molar-refractivity contribution is 0.0746. The van der Waals surface area contributed by atoms with E-state index in [0.717, 1.165) is 16.9 Å². The van der Waals surface area contributed by atoms with Gasteiger partial charge in [-0.25, -0.2) is 0 Å². The zero-order chi connectivity index (χ0) is 18.2. The minimum absolute atomic E-state index is 0.0714. The van der Waals surface area contributed by atoms with Gasteiger partial charge in [0.1, 0.15) is 5.69 Å². The van der Waals surface area contributed by atoms with Crippen LogP contribution in [0.1, 0.15) is 28.7 Å². The first-order valence-electron chi connectivity index (χ1n) is 8.69. The first kappa shape index (κ1) is 17.6. The molecular weight excluding hydrogens is 324 g/mol. The van der Waals surface area contributed by atoms with Crippen LogP contribution in [0, 0.1) is 0 Å². The average Bonchev–Trinajstić information content (AvgIpc) is 2.72. The number of pyridine rings is 2. The largest absolute Gasteiger partial charge is 0.379 e. The fraction of sp³-hybridized carbons (Fsp3) is 0.190. The van der Waals surface area contributed by atoms with Crippen LogP contribution in [-0.4, -0.2) is 27.3 Å². The predicted octanol–water partition coefficient (Wildman–Crippen LogP) is 3.75. The first-order chi connectivity index (χ1) is 12.8. The van der Waals surface area contributed by atoms with Crippen LogP contribution >= 0.6 is 0 Å². The smallest absolute Gasteiger partial charge is 0.272 e. The van der Waals surface area contributed by atoms with Crippen LogP contribution in [0.2, 0.25) is 0 Å². The van der Waals surface area contributed by atoms with Crippen LogP contribution in [-0.2, 0) is 13.1 Å². The highest BCUT2D eigenvalue weighted by Crippen LogP contribution is 2.13. The Morgan fingerprint density at radius 3 is 2.54 bits per heavy atom. The summed E-state index contributed by atoms with van der Waals surface area (Å²) in [4.78, 5) is 23.2. The third kappa shape index (κ3) is 4.66. The molecule has 5 heteroatoms. The molecule has 0 bridgehead atoms. The second-order valence-electron chi connectivity index (χ2n) is 5.91. The quantitative estimate of drug-likeness (QED) is 0.708. The molecule has 1 aromatic carbocycles. The Kier molecular flexibility index (Phi) is 5.93. The van der Waals surface area contributed by atoms with Crippen LogP contribution in [0.4, 0.5) is 5.69 Å². The van der Waals surface area contributed by atoms with E-state index < -0.39 is 0 Å². The van der Waals surface area contributed by atoms with Crippen molar-refractivity contribution in [3.05, 3.63) is 90.0 Å². The summed E-state index contributed by atoms with van der Waals surface area (Å²) in [6.07, 6.45) is 3.42. The number of anilines is 1. The minimum atomic E-state index is -0.0714. The van der Waals surface area contributed by atoms with E-state index in [2.05, 4.69) is 15.3 Å². The molecule has 2 heterocycles. The zero-order valence-electron chi connectivity index (χ0n) is 14.8. The number of rotatable bonds is 7. The zero-order valence-corrected chi connectivity index (χ0v) is 14.8. The van der Waals surface area contributed by atoms with Gasteiger partial charge in [-0.1, -0.05) is 36.4 Å². The second-order valence-corrected chi connectivity index (χ2v) is 5.91. The summed E-state index contributed by atoms with van der Waals surface area (Å²) in [5.74, 6) is -0.0714. The molecule has 3 rings (SSSR count). The molecule has 0 saturated carbocycles. The van der Waals surface area contributed by atoms with Crippen molar-refractivity contribution in [3.63, 3.8) is 0 Å². The number of amides is 1. The van der Waals surface area contributed by atoms with E-state index in [4.69, 9.17) is 0 Å². The fourth-order valence-electron chi connectivity index (χ4n) is 2.65. The molecule has 132 valence electrons. The second kappa shape index (κ2) is 8.76. The lowest BCUT2D eigenvalue weighted by atomic mass is 10.2. The molecule has 0 atom stereocenters. The molecular formula is C21H22N4O. The molecule has 0 spiro atoms. The number of aromatic nitrogens is 2. The van der Waals surface area contributed by atoms with Crippen LogP contribution in [0.25, 0.3) is 0 Å². The number of hydrogen-bond donors (Lipinski definition) is 1. The van der Waals surface area contributed by atoms with Crippen molar-refractivity contribution in [2.24, 2.45) is 0 Å². The molecule has 5 nitrogen and oxygen atoms in total. The highest BCUT2D eigenvalue weighted by molar-refractivity contribution is 5.93. The summed E-state index contributed by atoms with van der Waals surface area (Å²) in [6.45, 7) is 3.77. The Hall–Kier alpha value is -3.21. The molecule has 1 N–H and O–H groups in total. The van der Waals surface area contributed by atoms with Crippen LogP contribution < -0.4 is 5.32 Å². The van der Waals surface area contributed by atoms with Crippen LogP contribution in [0.15, 0.2) is 73.1 Å². The summed E-state index contributed by atoms with van der Waals surface area (Å²) in [5, 5.41) is 3.29. The summed E-state index contributed by atoms with van der Waals surface area (Å²) in [6, 6.07) is 19.4. The van der Waals surface area contributed by atoms with Crippen LogP contribution in [0.5, 0.6) is 0 Å². The van der Waals surface area contributed by atoms with E-state index in [-0.39, 0.29) is 5.91 Å². The number of nitrogens with zero attached hydrogens (tertiary/aromatic N) is 3. The van der Waals surface area contributed by atoms with Crippen molar-refractivity contribution < 1.29 is 4.79 Å². The van der Waals surface area contributed by atoms with Crippen molar-refractivity contribution in [1.82, 2.24) is 14.9 Å². The summed E-state index contributed by atoms with van der Waals surface area (Å²) in [5.41, 5.74) is 3.34. The van der Waals surface area contributed by atoms with E-state index in [1.165, 1.54) is 0 Å². The lowest BCUT2D eigenvalue weighted by Crippen LogP contribution is -2.31. The van der Waals surface area contributed by atoms with Gasteiger partial charge in [0.25, 0.3) is 5.91 Å². The highest BCUT2D eigenvalue weighted by atomic mass is 16.2. The number of hydrogen-bond acceptors (Lipinski definition) is 4. The van der Waals surface area contributed by atoms with Gasteiger partial charge in [-0.3, -0.25) is 14.8 Å². The maximum atomic E-state index is 12.8. The standard InChI is InChI=1S/C21H22N4O/c1-2-25(16-17-8-4-3-5-9-17)21(26)20-14-18(11-13-23-20)24-15-19-10-6-7-12-22-19/h3-14H,2,15-16H2,1H3,(H,23,24). The molecule has 0 fully saturated rings. The van der Waals surface area contributed by atoms with E-state index in [9.17, 15) is 4.79 Å². The molecule has 0 aliphatic carbocycles. The molecule has 1 amide bonds. The van der Waals surface area contributed by atoms with E-state index >= 15 is 0 Å². The lowest BCUT2D eigenvalue weighted by Gasteiger charge is -2.21. The van der Waals surface area contributed by atoms with Gasteiger partial charge in [0.05, 0.1) is 12.2 Å². The van der Waals surface area contributed by atoms with Gasteiger partial charge >= 0.3 is 0 Å². The average molecular weight is 346 g/mol. The maximum Gasteiger partial charge on any atom is 0.272 e. The van der Waals surface area contributed by atoms with Gasteiger partial charge in [0.2, 0.25) is 0 Å². The van der Waals surface area contributed by atoms with Crippen molar-refractivity contribution in [3.8, 4) is 0 Å². The van der Waals surface area contributed by atoms with Crippen LogP contribution in [0.3, 0.4) is 0 Å². The summed E-state index contributed by atoms with van der Waals surface area (Å²) >= 11 is 0. The SMILES string of the molecule is CCN(Cc1ccccc1)C(=O)c1cc(NCc2ccccn2)ccn1. The van der Waals surface area contributed by atoms with Gasteiger partial charge in [-0.15, -0.1) is 0 Å². The Morgan fingerprint density at radius 1 is 1.00 bits per heavy atom. The van der Waals surface area contributed by atoms with Crippen molar-refractivity contribution in [2.75, 3.05) is 11.9 Å². The molecule has 0 radical (unpaired) electrons. The molecule has 2 aromatic heterocycles. The Morgan fingerprint density at radius 2 is 1.81 bits per heavy atom. The minimum Gasteiger partial charge on any atom is -0.379 e. The van der Waals surface area contributed by atoms with Gasteiger partial charge in [0, 0.05) is 31.2 Å². The third-order valence-corrected chi connectivity index (χ3v) is 4.06. The van der Waals surface area contributed by atoms with Crippen molar-refractivity contribution >= 4 is 11.6 Å². The molecule has 0 saturated heterocycles. The number of benzene rings is 1. The first-order valence-corrected chi connectivity index (χ1v) is 8.69. The molecule has 3 aromatic rings. The van der Waals surface area contributed by atoms with Gasteiger partial charge in [0.15, 0.2) is 0 Å². The number of carbonyl (C=O) groups is 1. The molecule has 26 heavy (non-hydrogen) atoms. The van der Waals surface area contributed by atoms with Gasteiger partial charge in [-0.2, -0.15) is 0 Å². The monoisotopic (exact) mass is 346 g/mol. The number of nitrogens with one attached hydrogen (secondary N) is 1. The Bertz CT molecular complexity index is 837. The van der Waals surface area contributed by atoms with Gasteiger partial charge < -0.3 is 10.2 Å². The van der Waals surface area contributed by atoms with E-state index in [0.29, 0.717) is 25.3 Å². The molecule has 0 unspecified atom stereocenters. The summed E-state index contributed by atoms with van der Waals surface area (Å²) in [7, 11) is 0. The Labute approximate surface area is 153 Å². The Balaban J connectivity index is 1.68. The fourth-order valence-corrected chi connectivity index (χ4v) is 2.65. The van der Waals surface area contributed by atoms with Gasteiger partial charge in [-0.05, 0) is 36.8 Å². The number of carbonyl (C=O) groups excluding carboxylic acids is 1.